The molecule has 2 aromatic rings. The number of rotatable bonds is 9. The Balaban J connectivity index is 1.75. The van der Waals surface area contributed by atoms with Crippen LogP contribution in [0.2, 0.25) is 0 Å². The van der Waals surface area contributed by atoms with E-state index in [2.05, 4.69) is 15.6 Å². The highest BCUT2D eigenvalue weighted by Crippen LogP contribution is 2.20. The lowest BCUT2D eigenvalue weighted by Gasteiger charge is -2.19. The third kappa shape index (κ3) is 6.60. The topological polar surface area (TPSA) is 79.0 Å². The number of benzene rings is 1. The number of ether oxygens (including phenoxy) is 1. The van der Waals surface area contributed by atoms with E-state index >= 15 is 0 Å². The van der Waals surface area contributed by atoms with Gasteiger partial charge in [0.25, 0.3) is 0 Å². The van der Waals surface area contributed by atoms with Gasteiger partial charge in [0.2, 0.25) is 0 Å². The zero-order chi connectivity index (χ0) is 18.0. The molecule has 1 heterocycles. The Bertz CT molecular complexity index is 625. The van der Waals surface area contributed by atoms with Gasteiger partial charge in [-0.1, -0.05) is 30.3 Å². The van der Waals surface area contributed by atoms with Crippen molar-refractivity contribution in [1.29, 1.82) is 0 Å². The van der Waals surface area contributed by atoms with Crippen LogP contribution in [0.3, 0.4) is 0 Å². The fourth-order valence-corrected chi connectivity index (χ4v) is 2.24. The van der Waals surface area contributed by atoms with Gasteiger partial charge >= 0.3 is 0 Å². The number of furan rings is 1. The molecule has 0 saturated carbocycles. The molecule has 0 fully saturated rings. The molecule has 6 nitrogen and oxygen atoms in total. The monoisotopic (exact) mass is 345 g/mol. The van der Waals surface area contributed by atoms with Crippen molar-refractivity contribution < 1.29 is 14.3 Å². The molecular weight excluding hydrogens is 318 g/mol. The summed E-state index contributed by atoms with van der Waals surface area (Å²) in [5.74, 6) is 1.14. The Labute approximate surface area is 148 Å². The minimum Gasteiger partial charge on any atom is -0.466 e. The summed E-state index contributed by atoms with van der Waals surface area (Å²) in [4.78, 5) is 4.43. The molecule has 1 aromatic heterocycles. The van der Waals surface area contributed by atoms with Gasteiger partial charge in [-0.2, -0.15) is 0 Å². The van der Waals surface area contributed by atoms with Crippen molar-refractivity contribution in [1.82, 2.24) is 10.6 Å². The lowest BCUT2D eigenvalue weighted by atomic mass is 10.0. The average molecular weight is 345 g/mol. The molecular formula is C19H27N3O3. The summed E-state index contributed by atoms with van der Waals surface area (Å²) in [7, 11) is 0. The molecule has 0 aliphatic rings. The van der Waals surface area contributed by atoms with Gasteiger partial charge in [0.15, 0.2) is 5.96 Å². The first-order valence-corrected chi connectivity index (χ1v) is 8.52. The fraction of sp³-hybridized carbons (Fsp3) is 0.421. The SMILES string of the molecule is CCNC(=NCC(C)(O)c1ccco1)NCCOCc1ccccc1. The molecule has 1 aromatic carbocycles. The highest BCUT2D eigenvalue weighted by Gasteiger charge is 2.25. The highest BCUT2D eigenvalue weighted by atomic mass is 16.5. The second-order valence-electron chi connectivity index (χ2n) is 5.91. The van der Waals surface area contributed by atoms with Crippen molar-refractivity contribution in [2.45, 2.75) is 26.1 Å². The van der Waals surface area contributed by atoms with Crippen molar-refractivity contribution in [3.05, 3.63) is 60.1 Å². The van der Waals surface area contributed by atoms with Gasteiger partial charge in [0, 0.05) is 13.1 Å². The third-order valence-electron chi connectivity index (χ3n) is 3.59. The molecule has 1 atom stereocenters. The van der Waals surface area contributed by atoms with Crippen LogP contribution in [0.4, 0.5) is 0 Å². The number of nitrogens with one attached hydrogen (secondary N) is 2. The van der Waals surface area contributed by atoms with Crippen LogP contribution in [0.5, 0.6) is 0 Å². The molecule has 0 bridgehead atoms. The normalized spacial score (nSPS) is 14.1. The van der Waals surface area contributed by atoms with Gasteiger partial charge in [-0.25, -0.2) is 4.99 Å². The molecule has 1 unspecified atom stereocenters. The van der Waals surface area contributed by atoms with Crippen LogP contribution in [-0.2, 0) is 16.9 Å². The van der Waals surface area contributed by atoms with Gasteiger partial charge in [0.05, 0.1) is 26.0 Å². The Kier molecular flexibility index (Phi) is 7.50. The van der Waals surface area contributed by atoms with E-state index < -0.39 is 5.60 Å². The third-order valence-corrected chi connectivity index (χ3v) is 3.59. The van der Waals surface area contributed by atoms with Crippen molar-refractivity contribution in [2.75, 3.05) is 26.2 Å². The zero-order valence-electron chi connectivity index (χ0n) is 14.9. The summed E-state index contributed by atoms with van der Waals surface area (Å²) in [6.45, 7) is 6.38. The number of guanidine groups is 1. The van der Waals surface area contributed by atoms with Crippen molar-refractivity contribution in [3.8, 4) is 0 Å². The van der Waals surface area contributed by atoms with Crippen LogP contribution >= 0.6 is 0 Å². The van der Waals surface area contributed by atoms with Crippen LogP contribution < -0.4 is 10.6 Å². The van der Waals surface area contributed by atoms with Crippen LogP contribution in [0.15, 0.2) is 58.1 Å². The summed E-state index contributed by atoms with van der Waals surface area (Å²) < 4.78 is 10.9. The van der Waals surface area contributed by atoms with Crippen LogP contribution in [0, 0.1) is 0 Å². The van der Waals surface area contributed by atoms with Gasteiger partial charge in [-0.3, -0.25) is 0 Å². The first-order chi connectivity index (χ1) is 12.1. The van der Waals surface area contributed by atoms with E-state index in [1.54, 1.807) is 25.3 Å². The molecule has 0 saturated heterocycles. The number of nitrogens with zero attached hydrogens (tertiary/aromatic N) is 1. The lowest BCUT2D eigenvalue weighted by Crippen LogP contribution is -2.40. The van der Waals surface area contributed by atoms with Gasteiger partial charge in [-0.05, 0) is 31.5 Å². The maximum Gasteiger partial charge on any atom is 0.191 e. The first kappa shape index (κ1) is 19.0. The van der Waals surface area contributed by atoms with Crippen LogP contribution in [-0.4, -0.2) is 37.3 Å². The largest absolute Gasteiger partial charge is 0.466 e. The minimum absolute atomic E-state index is 0.195. The second-order valence-corrected chi connectivity index (χ2v) is 5.91. The summed E-state index contributed by atoms with van der Waals surface area (Å²) in [5, 5.41) is 16.8. The number of hydrogen-bond acceptors (Lipinski definition) is 4. The molecule has 6 heteroatoms. The van der Waals surface area contributed by atoms with E-state index in [1.165, 1.54) is 0 Å². The van der Waals surface area contributed by atoms with Gasteiger partial charge < -0.3 is 24.9 Å². The Morgan fingerprint density at radius 3 is 2.68 bits per heavy atom. The summed E-state index contributed by atoms with van der Waals surface area (Å²) >= 11 is 0. The zero-order valence-corrected chi connectivity index (χ0v) is 14.9. The highest BCUT2D eigenvalue weighted by molar-refractivity contribution is 5.79. The van der Waals surface area contributed by atoms with E-state index in [-0.39, 0.29) is 6.54 Å². The molecule has 2 rings (SSSR count). The summed E-state index contributed by atoms with van der Waals surface area (Å²) in [5.41, 5.74) is 0.00733. The van der Waals surface area contributed by atoms with E-state index in [1.807, 2.05) is 37.3 Å². The standard InChI is InChI=1S/C19H27N3O3/c1-3-20-18(22-15-19(2,23)17-10-7-12-25-17)21-11-13-24-14-16-8-5-4-6-9-16/h4-10,12,23H,3,11,13-15H2,1-2H3,(H2,20,21,22). The predicted molar refractivity (Wildman–Crippen MR) is 98.4 cm³/mol. The number of aliphatic hydroxyl groups is 1. The van der Waals surface area contributed by atoms with E-state index in [4.69, 9.17) is 9.15 Å². The van der Waals surface area contributed by atoms with E-state index in [9.17, 15) is 5.11 Å². The van der Waals surface area contributed by atoms with Crippen molar-refractivity contribution in [2.24, 2.45) is 4.99 Å². The Morgan fingerprint density at radius 1 is 1.20 bits per heavy atom. The van der Waals surface area contributed by atoms with Crippen LogP contribution in [0.1, 0.15) is 25.2 Å². The van der Waals surface area contributed by atoms with Crippen molar-refractivity contribution >= 4 is 5.96 Å². The first-order valence-electron chi connectivity index (χ1n) is 8.52. The van der Waals surface area contributed by atoms with Crippen LogP contribution in [0.25, 0.3) is 0 Å². The smallest absolute Gasteiger partial charge is 0.191 e. The predicted octanol–water partition coefficient (Wildman–Crippen LogP) is 2.26. The Morgan fingerprint density at radius 2 is 2.00 bits per heavy atom. The quantitative estimate of drug-likeness (QED) is 0.369. The minimum atomic E-state index is -1.14. The lowest BCUT2D eigenvalue weighted by molar-refractivity contribution is 0.0436. The van der Waals surface area contributed by atoms with Gasteiger partial charge in [0.1, 0.15) is 11.4 Å². The summed E-state index contributed by atoms with van der Waals surface area (Å²) in [6, 6.07) is 13.6. The summed E-state index contributed by atoms with van der Waals surface area (Å²) in [6.07, 6.45) is 1.54. The Hall–Kier alpha value is -2.31. The molecule has 0 aliphatic carbocycles. The van der Waals surface area contributed by atoms with E-state index in [0.29, 0.717) is 31.5 Å². The number of aliphatic imine (C=N–C) groups is 1. The number of hydrogen-bond donors (Lipinski definition) is 3. The van der Waals surface area contributed by atoms with Gasteiger partial charge in [-0.15, -0.1) is 0 Å². The molecule has 3 N–H and O–H groups in total. The van der Waals surface area contributed by atoms with Crippen molar-refractivity contribution in [3.63, 3.8) is 0 Å². The average Bonchev–Trinajstić information content (AvgIpc) is 3.16. The fourth-order valence-electron chi connectivity index (χ4n) is 2.24. The molecule has 0 radical (unpaired) electrons. The molecule has 0 spiro atoms. The maximum absolute atomic E-state index is 10.4. The molecule has 0 aliphatic heterocycles. The molecule has 136 valence electrons. The molecule has 0 amide bonds. The maximum atomic E-state index is 10.4. The van der Waals surface area contributed by atoms with E-state index in [0.717, 1.165) is 12.1 Å². The second kappa shape index (κ2) is 9.86. The molecule has 25 heavy (non-hydrogen) atoms.